The van der Waals surface area contributed by atoms with Crippen LogP contribution in [0, 0.1) is 5.82 Å². The summed E-state index contributed by atoms with van der Waals surface area (Å²) < 4.78 is 47.1. The number of nitrogens with one attached hydrogen (secondary N) is 2. The number of nitrogens with zero attached hydrogens (tertiary/aromatic N) is 2. The minimum absolute atomic E-state index is 0.00438. The molecule has 1 amide bonds. The number of aromatic amines is 1. The Labute approximate surface area is 191 Å². The first kappa shape index (κ1) is 23.2. The third kappa shape index (κ3) is 5.00. The Morgan fingerprint density at radius 1 is 1.18 bits per heavy atom. The number of hydrogen-bond donors (Lipinski definition) is 4. The number of aliphatic hydroxyl groups excluding tert-OH is 2. The van der Waals surface area contributed by atoms with E-state index in [0.29, 0.717) is 0 Å². The summed E-state index contributed by atoms with van der Waals surface area (Å²) in [5.41, 5.74) is -0.253. The molecule has 34 heavy (non-hydrogen) atoms. The van der Waals surface area contributed by atoms with Crippen LogP contribution < -0.4 is 10.1 Å². The number of alkyl halides is 2. The molecule has 0 spiro atoms. The molecule has 1 atom stereocenters. The van der Waals surface area contributed by atoms with E-state index in [0.717, 1.165) is 18.2 Å². The highest BCUT2D eigenvalue weighted by atomic mass is 19.3. The molecule has 0 unspecified atom stereocenters. The standard InChI is InChI=1S/C23H19F3N4O4/c24-12-7-17(23(33)29-19-3-1-2-6-27-19)20-18(8-12)28-22(30-20)15-5-4-14(9-16(15)21(25)26)34-11-13(32)10-31/h1-9,13,21,31-32H,10-11H2,(H,28,30)(H,27,29,33)/t13-/m0/s1. The van der Waals surface area contributed by atoms with Crippen LogP contribution in [-0.4, -0.2) is 50.4 Å². The number of aliphatic hydroxyl groups is 2. The fourth-order valence-electron chi connectivity index (χ4n) is 3.28. The summed E-state index contributed by atoms with van der Waals surface area (Å²) in [6, 6.07) is 10.8. The van der Waals surface area contributed by atoms with Gasteiger partial charge in [0.15, 0.2) is 0 Å². The average Bonchev–Trinajstić information content (AvgIpc) is 3.26. The molecule has 0 aliphatic heterocycles. The number of carbonyl (C=O) groups is 1. The monoisotopic (exact) mass is 472 g/mol. The molecule has 0 saturated heterocycles. The molecule has 4 N–H and O–H groups in total. The van der Waals surface area contributed by atoms with Crippen LogP contribution in [0.3, 0.4) is 0 Å². The average molecular weight is 472 g/mol. The van der Waals surface area contributed by atoms with Gasteiger partial charge in [-0.1, -0.05) is 6.07 Å². The van der Waals surface area contributed by atoms with Crippen molar-refractivity contribution < 1.29 is 32.9 Å². The lowest BCUT2D eigenvalue weighted by Gasteiger charge is -2.13. The van der Waals surface area contributed by atoms with Gasteiger partial charge in [-0.3, -0.25) is 4.79 Å². The lowest BCUT2D eigenvalue weighted by atomic mass is 10.1. The van der Waals surface area contributed by atoms with Gasteiger partial charge >= 0.3 is 0 Å². The lowest BCUT2D eigenvalue weighted by Crippen LogP contribution is -2.21. The third-order valence-electron chi connectivity index (χ3n) is 4.87. The number of benzene rings is 2. The Balaban J connectivity index is 1.71. The number of carbonyl (C=O) groups excluding carboxylic acids is 1. The summed E-state index contributed by atoms with van der Waals surface area (Å²) in [6.45, 7) is -0.817. The molecule has 4 rings (SSSR count). The molecule has 2 aromatic heterocycles. The number of fused-ring (bicyclic) bond motifs is 1. The van der Waals surface area contributed by atoms with Crippen LogP contribution in [0.25, 0.3) is 22.4 Å². The molecule has 0 bridgehead atoms. The fraction of sp³-hybridized carbons (Fsp3) is 0.174. The molecule has 0 aliphatic carbocycles. The summed E-state index contributed by atoms with van der Waals surface area (Å²) in [5.74, 6) is -1.06. The second-order valence-corrected chi connectivity index (χ2v) is 7.30. The van der Waals surface area contributed by atoms with E-state index in [-0.39, 0.29) is 46.2 Å². The number of pyridine rings is 1. The molecule has 0 radical (unpaired) electrons. The van der Waals surface area contributed by atoms with Crippen LogP contribution in [0.2, 0.25) is 0 Å². The number of rotatable bonds is 8. The zero-order chi connectivity index (χ0) is 24.2. The largest absolute Gasteiger partial charge is 0.491 e. The predicted molar refractivity (Wildman–Crippen MR) is 117 cm³/mol. The molecular formula is C23H19F3N4O4. The van der Waals surface area contributed by atoms with Gasteiger partial charge < -0.3 is 25.3 Å². The van der Waals surface area contributed by atoms with E-state index in [1.165, 1.54) is 18.3 Å². The van der Waals surface area contributed by atoms with Crippen molar-refractivity contribution in [2.24, 2.45) is 0 Å². The van der Waals surface area contributed by atoms with E-state index in [1.807, 2.05) is 0 Å². The first-order chi connectivity index (χ1) is 16.4. The van der Waals surface area contributed by atoms with E-state index in [1.54, 1.807) is 18.2 Å². The minimum atomic E-state index is -2.90. The van der Waals surface area contributed by atoms with Crippen LogP contribution >= 0.6 is 0 Å². The normalized spacial score (nSPS) is 12.2. The lowest BCUT2D eigenvalue weighted by molar-refractivity contribution is 0.0534. The fourth-order valence-corrected chi connectivity index (χ4v) is 3.28. The van der Waals surface area contributed by atoms with Crippen molar-refractivity contribution in [3.63, 3.8) is 0 Å². The molecule has 8 nitrogen and oxygen atoms in total. The summed E-state index contributed by atoms with van der Waals surface area (Å²) in [6.07, 6.45) is -2.58. The first-order valence-corrected chi connectivity index (χ1v) is 10.1. The first-order valence-electron chi connectivity index (χ1n) is 10.1. The smallest absolute Gasteiger partial charge is 0.264 e. The van der Waals surface area contributed by atoms with Gasteiger partial charge in [0.1, 0.15) is 41.4 Å². The van der Waals surface area contributed by atoms with Crippen LogP contribution in [-0.2, 0) is 0 Å². The molecule has 2 heterocycles. The minimum Gasteiger partial charge on any atom is -0.491 e. The Bertz CT molecular complexity index is 1310. The Hall–Kier alpha value is -3.96. The number of anilines is 1. The van der Waals surface area contributed by atoms with Gasteiger partial charge in [-0.15, -0.1) is 0 Å². The van der Waals surface area contributed by atoms with Crippen molar-refractivity contribution in [1.82, 2.24) is 15.0 Å². The van der Waals surface area contributed by atoms with Crippen molar-refractivity contribution in [3.8, 4) is 17.1 Å². The van der Waals surface area contributed by atoms with E-state index >= 15 is 0 Å². The molecular weight excluding hydrogens is 453 g/mol. The van der Waals surface area contributed by atoms with Crippen molar-refractivity contribution in [1.29, 1.82) is 0 Å². The quantitative estimate of drug-likeness (QED) is 0.311. The maximum atomic E-state index is 14.2. The number of amides is 1. The van der Waals surface area contributed by atoms with Gasteiger partial charge in [0.25, 0.3) is 12.3 Å². The van der Waals surface area contributed by atoms with Gasteiger partial charge in [-0.2, -0.15) is 0 Å². The zero-order valence-corrected chi connectivity index (χ0v) is 17.5. The Kier molecular flexibility index (Phi) is 6.75. The molecule has 4 aromatic rings. The van der Waals surface area contributed by atoms with Crippen LogP contribution in [0.1, 0.15) is 22.3 Å². The third-order valence-corrected chi connectivity index (χ3v) is 4.87. The van der Waals surface area contributed by atoms with Crippen LogP contribution in [0.4, 0.5) is 19.0 Å². The SMILES string of the molecule is O=C(Nc1ccccn1)c1cc(F)cc2[nH]c(-c3ccc(OC[C@@H](O)CO)cc3C(F)F)nc12. The number of halogens is 3. The topological polar surface area (TPSA) is 120 Å². The molecule has 0 aliphatic rings. The number of hydrogen-bond acceptors (Lipinski definition) is 6. The number of aromatic nitrogens is 3. The second-order valence-electron chi connectivity index (χ2n) is 7.30. The van der Waals surface area contributed by atoms with Gasteiger partial charge in [-0.25, -0.2) is 23.1 Å². The van der Waals surface area contributed by atoms with E-state index < -0.39 is 36.4 Å². The van der Waals surface area contributed by atoms with E-state index in [9.17, 15) is 23.1 Å². The molecule has 2 aromatic carbocycles. The summed E-state index contributed by atoms with van der Waals surface area (Å²) in [7, 11) is 0. The van der Waals surface area contributed by atoms with Crippen molar-refractivity contribution in [2.75, 3.05) is 18.5 Å². The van der Waals surface area contributed by atoms with Crippen molar-refractivity contribution >= 4 is 22.8 Å². The second kappa shape index (κ2) is 9.89. The Morgan fingerprint density at radius 2 is 2.00 bits per heavy atom. The number of H-pyrrole nitrogens is 1. The van der Waals surface area contributed by atoms with E-state index in [4.69, 9.17) is 9.84 Å². The number of imidazole rings is 1. The Morgan fingerprint density at radius 3 is 2.71 bits per heavy atom. The highest BCUT2D eigenvalue weighted by Crippen LogP contribution is 2.34. The summed E-state index contributed by atoms with van der Waals surface area (Å²) in [4.78, 5) is 23.8. The van der Waals surface area contributed by atoms with Crippen molar-refractivity contribution in [2.45, 2.75) is 12.5 Å². The van der Waals surface area contributed by atoms with Crippen molar-refractivity contribution in [3.05, 3.63) is 71.7 Å². The maximum absolute atomic E-state index is 14.2. The van der Waals surface area contributed by atoms with E-state index in [2.05, 4.69) is 20.3 Å². The molecule has 176 valence electrons. The molecule has 11 heteroatoms. The predicted octanol–water partition coefficient (Wildman–Crippen LogP) is 3.69. The van der Waals surface area contributed by atoms with Gasteiger partial charge in [0, 0.05) is 17.3 Å². The van der Waals surface area contributed by atoms with Gasteiger partial charge in [0.2, 0.25) is 0 Å². The zero-order valence-electron chi connectivity index (χ0n) is 17.5. The van der Waals surface area contributed by atoms with Gasteiger partial charge in [-0.05, 0) is 42.5 Å². The highest BCUT2D eigenvalue weighted by molar-refractivity contribution is 6.11. The maximum Gasteiger partial charge on any atom is 0.264 e. The van der Waals surface area contributed by atoms with Crippen LogP contribution in [0.5, 0.6) is 5.75 Å². The molecule has 0 saturated carbocycles. The van der Waals surface area contributed by atoms with Gasteiger partial charge in [0.05, 0.1) is 17.7 Å². The van der Waals surface area contributed by atoms with Crippen LogP contribution in [0.15, 0.2) is 54.7 Å². The number of ether oxygens (including phenoxy) is 1. The highest BCUT2D eigenvalue weighted by Gasteiger charge is 2.21. The summed E-state index contributed by atoms with van der Waals surface area (Å²) >= 11 is 0. The summed E-state index contributed by atoms with van der Waals surface area (Å²) in [5, 5.41) is 20.8. The molecule has 0 fully saturated rings.